The van der Waals surface area contributed by atoms with E-state index in [0.717, 1.165) is 17.8 Å². The molecular weight excluding hydrogens is 243 g/mol. The minimum absolute atomic E-state index is 0.230. The van der Waals surface area contributed by atoms with Crippen LogP contribution >= 0.6 is 0 Å². The van der Waals surface area contributed by atoms with Gasteiger partial charge >= 0.3 is 6.18 Å². The fraction of sp³-hybridized carbons (Fsp3) is 0.333. The third-order valence-electron chi connectivity index (χ3n) is 2.56. The molecule has 96 valence electrons. The van der Waals surface area contributed by atoms with Gasteiger partial charge in [-0.1, -0.05) is 19.1 Å². The predicted octanol–water partition coefficient (Wildman–Crippen LogP) is 3.41. The van der Waals surface area contributed by atoms with E-state index in [1.807, 2.05) is 13.8 Å². The van der Waals surface area contributed by atoms with Crippen molar-refractivity contribution in [2.45, 2.75) is 25.9 Å². The van der Waals surface area contributed by atoms with Gasteiger partial charge in [0.2, 0.25) is 0 Å². The van der Waals surface area contributed by atoms with Gasteiger partial charge in [-0.2, -0.15) is 13.2 Å². The minimum atomic E-state index is -4.32. The molecule has 2 rings (SSSR count). The van der Waals surface area contributed by atoms with Crippen LogP contribution in [0.4, 0.5) is 13.2 Å². The van der Waals surface area contributed by atoms with Gasteiger partial charge in [-0.05, 0) is 30.2 Å². The highest BCUT2D eigenvalue weighted by Gasteiger charge is 2.30. The van der Waals surface area contributed by atoms with Crippen LogP contribution in [0.2, 0.25) is 0 Å². The molecule has 0 unspecified atom stereocenters. The summed E-state index contributed by atoms with van der Waals surface area (Å²) in [5, 5.41) is 7.84. The SMILES string of the molecule is CC(C)c1cn(-c2ccc(C(F)(F)F)cc2)nn1. The molecule has 1 aromatic carbocycles. The third kappa shape index (κ3) is 2.52. The van der Waals surface area contributed by atoms with Crippen molar-refractivity contribution in [2.75, 3.05) is 0 Å². The first kappa shape index (κ1) is 12.6. The maximum absolute atomic E-state index is 12.4. The van der Waals surface area contributed by atoms with Crippen molar-refractivity contribution < 1.29 is 13.2 Å². The van der Waals surface area contributed by atoms with Crippen molar-refractivity contribution in [1.82, 2.24) is 15.0 Å². The molecule has 2 aromatic rings. The average molecular weight is 255 g/mol. The quantitative estimate of drug-likeness (QED) is 0.823. The lowest BCUT2D eigenvalue weighted by molar-refractivity contribution is -0.137. The van der Waals surface area contributed by atoms with Crippen molar-refractivity contribution in [3.8, 4) is 5.69 Å². The molecule has 6 heteroatoms. The Morgan fingerprint density at radius 2 is 1.72 bits per heavy atom. The van der Waals surface area contributed by atoms with Crippen LogP contribution in [-0.4, -0.2) is 15.0 Å². The number of rotatable bonds is 2. The fourth-order valence-electron chi connectivity index (χ4n) is 1.47. The molecule has 0 atom stereocenters. The largest absolute Gasteiger partial charge is 0.416 e. The number of aromatic nitrogens is 3. The molecule has 0 fully saturated rings. The number of hydrogen-bond acceptors (Lipinski definition) is 2. The molecule has 0 saturated carbocycles. The van der Waals surface area contributed by atoms with Gasteiger partial charge in [0.05, 0.1) is 23.1 Å². The van der Waals surface area contributed by atoms with Crippen molar-refractivity contribution in [3.05, 3.63) is 41.7 Å². The van der Waals surface area contributed by atoms with Crippen molar-refractivity contribution in [2.24, 2.45) is 0 Å². The number of hydrogen-bond donors (Lipinski definition) is 0. The summed E-state index contributed by atoms with van der Waals surface area (Å²) in [5.41, 5.74) is 0.688. The van der Waals surface area contributed by atoms with E-state index < -0.39 is 11.7 Å². The Balaban J connectivity index is 2.29. The molecule has 0 bridgehead atoms. The second-order valence-electron chi connectivity index (χ2n) is 4.29. The Morgan fingerprint density at radius 3 is 2.17 bits per heavy atom. The Kier molecular flexibility index (Phi) is 3.11. The molecule has 0 aliphatic carbocycles. The maximum Gasteiger partial charge on any atom is 0.416 e. The van der Waals surface area contributed by atoms with Gasteiger partial charge < -0.3 is 0 Å². The van der Waals surface area contributed by atoms with Gasteiger partial charge in [0.1, 0.15) is 0 Å². The van der Waals surface area contributed by atoms with Crippen LogP contribution in [0.5, 0.6) is 0 Å². The summed E-state index contributed by atoms with van der Waals surface area (Å²) in [6, 6.07) is 4.82. The zero-order valence-corrected chi connectivity index (χ0v) is 9.94. The molecular formula is C12H12F3N3. The number of halogens is 3. The topological polar surface area (TPSA) is 30.7 Å². The molecule has 0 spiro atoms. The van der Waals surface area contributed by atoms with Crippen molar-refractivity contribution in [1.29, 1.82) is 0 Å². The minimum Gasteiger partial charge on any atom is -0.220 e. The molecule has 0 amide bonds. The van der Waals surface area contributed by atoms with Gasteiger partial charge in [-0.3, -0.25) is 0 Å². The molecule has 0 radical (unpaired) electrons. The molecule has 0 saturated heterocycles. The Hall–Kier alpha value is -1.85. The standard InChI is InChI=1S/C12H12F3N3/c1-8(2)11-7-18(17-16-11)10-5-3-9(4-6-10)12(13,14)15/h3-8H,1-2H3. The van der Waals surface area contributed by atoms with E-state index in [2.05, 4.69) is 10.3 Å². The molecule has 1 aromatic heterocycles. The highest BCUT2D eigenvalue weighted by Crippen LogP contribution is 2.29. The molecule has 0 N–H and O–H groups in total. The van der Waals surface area contributed by atoms with E-state index in [9.17, 15) is 13.2 Å². The summed E-state index contributed by atoms with van der Waals surface area (Å²) in [6.45, 7) is 3.95. The Morgan fingerprint density at radius 1 is 1.11 bits per heavy atom. The molecule has 3 nitrogen and oxygen atoms in total. The summed E-state index contributed by atoms with van der Waals surface area (Å²) in [6.07, 6.45) is -2.60. The zero-order valence-electron chi connectivity index (χ0n) is 9.94. The van der Waals surface area contributed by atoms with Crippen molar-refractivity contribution >= 4 is 0 Å². The lowest BCUT2D eigenvalue weighted by Crippen LogP contribution is -2.05. The van der Waals surface area contributed by atoms with Crippen LogP contribution in [-0.2, 0) is 6.18 Å². The first-order chi connectivity index (χ1) is 8.38. The Bertz CT molecular complexity index is 526. The maximum atomic E-state index is 12.4. The molecule has 0 aliphatic rings. The van der Waals surface area contributed by atoms with Gasteiger partial charge in [0.15, 0.2) is 0 Å². The highest BCUT2D eigenvalue weighted by molar-refractivity contribution is 5.35. The third-order valence-corrected chi connectivity index (χ3v) is 2.56. The number of benzene rings is 1. The second kappa shape index (κ2) is 4.44. The van der Waals surface area contributed by atoms with E-state index in [0.29, 0.717) is 5.69 Å². The van der Waals surface area contributed by atoms with Crippen LogP contribution in [0, 0.1) is 0 Å². The Labute approximate surface area is 102 Å². The van der Waals surface area contributed by atoms with Gasteiger partial charge in [0, 0.05) is 0 Å². The van der Waals surface area contributed by atoms with Crippen LogP contribution in [0.1, 0.15) is 31.0 Å². The normalized spacial score (nSPS) is 12.1. The molecule has 18 heavy (non-hydrogen) atoms. The monoisotopic (exact) mass is 255 g/mol. The van der Waals surface area contributed by atoms with Gasteiger partial charge in [-0.15, -0.1) is 5.10 Å². The van der Waals surface area contributed by atoms with E-state index in [1.165, 1.54) is 16.8 Å². The molecule has 1 heterocycles. The lowest BCUT2D eigenvalue weighted by atomic mass is 10.1. The second-order valence-corrected chi connectivity index (χ2v) is 4.29. The van der Waals surface area contributed by atoms with E-state index in [4.69, 9.17) is 0 Å². The summed E-state index contributed by atoms with van der Waals surface area (Å²) in [4.78, 5) is 0. The summed E-state index contributed by atoms with van der Waals surface area (Å²) < 4.78 is 38.7. The zero-order chi connectivity index (χ0) is 13.3. The van der Waals surface area contributed by atoms with Gasteiger partial charge in [-0.25, -0.2) is 4.68 Å². The van der Waals surface area contributed by atoms with E-state index >= 15 is 0 Å². The number of nitrogens with zero attached hydrogens (tertiary/aromatic N) is 3. The molecule has 0 aliphatic heterocycles. The van der Waals surface area contributed by atoms with Crippen LogP contribution < -0.4 is 0 Å². The van der Waals surface area contributed by atoms with Crippen LogP contribution in [0.15, 0.2) is 30.5 Å². The summed E-state index contributed by atoms with van der Waals surface area (Å²) in [7, 11) is 0. The first-order valence-corrected chi connectivity index (χ1v) is 5.48. The predicted molar refractivity (Wildman–Crippen MR) is 60.5 cm³/mol. The smallest absolute Gasteiger partial charge is 0.220 e. The first-order valence-electron chi connectivity index (χ1n) is 5.48. The van der Waals surface area contributed by atoms with E-state index in [-0.39, 0.29) is 5.92 Å². The summed E-state index contributed by atoms with van der Waals surface area (Å²) in [5.74, 6) is 0.230. The van der Waals surface area contributed by atoms with Crippen molar-refractivity contribution in [3.63, 3.8) is 0 Å². The fourth-order valence-corrected chi connectivity index (χ4v) is 1.47. The van der Waals surface area contributed by atoms with Crippen LogP contribution in [0.3, 0.4) is 0 Å². The van der Waals surface area contributed by atoms with Gasteiger partial charge in [0.25, 0.3) is 0 Å². The summed E-state index contributed by atoms with van der Waals surface area (Å²) >= 11 is 0. The van der Waals surface area contributed by atoms with Crippen LogP contribution in [0.25, 0.3) is 5.69 Å². The lowest BCUT2D eigenvalue weighted by Gasteiger charge is -2.07. The van der Waals surface area contributed by atoms with E-state index in [1.54, 1.807) is 6.20 Å². The highest BCUT2D eigenvalue weighted by atomic mass is 19.4. The number of alkyl halides is 3. The average Bonchev–Trinajstić information content (AvgIpc) is 2.77.